The molecule has 1 aliphatic heterocycles. The van der Waals surface area contributed by atoms with Crippen LogP contribution in [0.3, 0.4) is 0 Å². The topological polar surface area (TPSA) is 73.9 Å². The molecular formula is C14H21NO4. The molecule has 1 aliphatic rings. The maximum Gasteiger partial charge on any atom is 0.228 e. The number of benzene rings is 1. The Kier molecular flexibility index (Phi) is 4.29. The number of hydrogen-bond acceptors (Lipinski definition) is 5. The van der Waals surface area contributed by atoms with Gasteiger partial charge in [-0.3, -0.25) is 0 Å². The molecule has 5 nitrogen and oxygen atoms in total. The minimum absolute atomic E-state index is 0.0490. The van der Waals surface area contributed by atoms with Gasteiger partial charge in [0.1, 0.15) is 11.9 Å². The first-order chi connectivity index (χ1) is 9.02. The number of nitrogen functional groups attached to an aromatic ring is 1. The van der Waals surface area contributed by atoms with Crippen molar-refractivity contribution in [2.45, 2.75) is 38.4 Å². The largest absolute Gasteiger partial charge is 0.462 e. The summed E-state index contributed by atoms with van der Waals surface area (Å²) in [6, 6.07) is 6.97. The monoisotopic (exact) mass is 267 g/mol. The molecule has 1 aromatic carbocycles. The van der Waals surface area contributed by atoms with E-state index in [0.717, 1.165) is 0 Å². The van der Waals surface area contributed by atoms with Crippen molar-refractivity contribution in [1.29, 1.82) is 0 Å². The van der Waals surface area contributed by atoms with Crippen LogP contribution in [0, 0.1) is 5.92 Å². The van der Waals surface area contributed by atoms with E-state index < -0.39 is 12.4 Å². The average molecular weight is 267 g/mol. The Bertz CT molecular complexity index is 408. The summed E-state index contributed by atoms with van der Waals surface area (Å²) >= 11 is 0. The van der Waals surface area contributed by atoms with Crippen molar-refractivity contribution in [1.82, 2.24) is 0 Å². The van der Waals surface area contributed by atoms with Gasteiger partial charge in [-0.15, -0.1) is 0 Å². The highest BCUT2D eigenvalue weighted by atomic mass is 16.7. The first-order valence-corrected chi connectivity index (χ1v) is 6.41. The second-order valence-corrected chi connectivity index (χ2v) is 4.95. The molecule has 0 amide bonds. The molecule has 0 aliphatic carbocycles. The van der Waals surface area contributed by atoms with Gasteiger partial charge in [0.25, 0.3) is 0 Å². The maximum atomic E-state index is 10.2. The van der Waals surface area contributed by atoms with E-state index in [-0.39, 0.29) is 18.1 Å². The van der Waals surface area contributed by atoms with Crippen LogP contribution in [0.25, 0.3) is 0 Å². The van der Waals surface area contributed by atoms with Crippen LogP contribution < -0.4 is 10.5 Å². The normalized spacial score (nSPS) is 35.1. The summed E-state index contributed by atoms with van der Waals surface area (Å²) in [6.07, 6.45) is -1.91. The molecule has 0 saturated carbocycles. The van der Waals surface area contributed by atoms with Gasteiger partial charge in [-0.2, -0.15) is 0 Å². The molecule has 1 saturated heterocycles. The lowest BCUT2D eigenvalue weighted by Crippen LogP contribution is -2.55. The summed E-state index contributed by atoms with van der Waals surface area (Å²) in [4.78, 5) is 0. The number of anilines is 1. The number of nitrogens with two attached hydrogens (primary N) is 1. The molecule has 2 rings (SSSR count). The van der Waals surface area contributed by atoms with Crippen molar-refractivity contribution >= 4 is 5.69 Å². The van der Waals surface area contributed by atoms with Crippen molar-refractivity contribution in [3.05, 3.63) is 24.3 Å². The fraction of sp³-hybridized carbons (Fsp3) is 0.571. The Hall–Kier alpha value is -1.30. The Morgan fingerprint density at radius 3 is 2.42 bits per heavy atom. The summed E-state index contributed by atoms with van der Waals surface area (Å²) in [5.41, 5.74) is 6.28. The smallest absolute Gasteiger partial charge is 0.228 e. The van der Waals surface area contributed by atoms with E-state index in [1.807, 2.05) is 13.8 Å². The van der Waals surface area contributed by atoms with Crippen LogP contribution in [0.2, 0.25) is 0 Å². The van der Waals surface area contributed by atoms with Crippen molar-refractivity contribution < 1.29 is 19.3 Å². The molecule has 5 heteroatoms. The molecule has 0 aromatic heterocycles. The summed E-state index contributed by atoms with van der Waals surface area (Å²) in [7, 11) is 1.59. The van der Waals surface area contributed by atoms with Crippen molar-refractivity contribution in [2.75, 3.05) is 12.8 Å². The summed E-state index contributed by atoms with van der Waals surface area (Å²) in [5, 5.41) is 10.2. The van der Waals surface area contributed by atoms with Crippen LogP contribution in [0.1, 0.15) is 13.8 Å². The van der Waals surface area contributed by atoms with Crippen molar-refractivity contribution in [3.63, 3.8) is 0 Å². The molecule has 0 bridgehead atoms. The SMILES string of the molecule is CO[C@@H]1[C@H](C)[C@H](C)O[C@H](Oc2ccc(N)cc2)[C@H]1O. The average Bonchev–Trinajstić information content (AvgIpc) is 2.39. The molecule has 1 aromatic rings. The van der Waals surface area contributed by atoms with Crippen LogP contribution >= 0.6 is 0 Å². The predicted molar refractivity (Wildman–Crippen MR) is 71.8 cm³/mol. The van der Waals surface area contributed by atoms with E-state index in [1.165, 1.54) is 0 Å². The van der Waals surface area contributed by atoms with Gasteiger partial charge in [0.15, 0.2) is 0 Å². The Labute approximate surface area is 113 Å². The second-order valence-electron chi connectivity index (χ2n) is 4.95. The zero-order valence-electron chi connectivity index (χ0n) is 11.4. The minimum atomic E-state index is -0.825. The van der Waals surface area contributed by atoms with E-state index in [4.69, 9.17) is 19.9 Å². The standard InChI is InChI=1S/C14H21NO4/c1-8-9(2)18-14(12(16)13(8)17-3)19-11-6-4-10(15)5-7-11/h4-9,12-14,16H,15H2,1-3H3/t8-,9+,12+,13-,14-/m1/s1. The molecule has 19 heavy (non-hydrogen) atoms. The van der Waals surface area contributed by atoms with Gasteiger partial charge in [0.2, 0.25) is 6.29 Å². The van der Waals surface area contributed by atoms with Crippen LogP contribution in [-0.4, -0.2) is 36.8 Å². The molecule has 3 N–H and O–H groups in total. The van der Waals surface area contributed by atoms with E-state index in [9.17, 15) is 5.11 Å². The van der Waals surface area contributed by atoms with Crippen LogP contribution in [0.5, 0.6) is 5.75 Å². The van der Waals surface area contributed by atoms with Gasteiger partial charge in [0, 0.05) is 18.7 Å². The molecular weight excluding hydrogens is 246 g/mol. The van der Waals surface area contributed by atoms with Gasteiger partial charge in [-0.1, -0.05) is 6.92 Å². The van der Waals surface area contributed by atoms with Gasteiger partial charge in [0.05, 0.1) is 12.2 Å². The molecule has 0 unspecified atom stereocenters. The Balaban J connectivity index is 2.09. The van der Waals surface area contributed by atoms with E-state index in [1.54, 1.807) is 31.4 Å². The first kappa shape index (κ1) is 14.1. The predicted octanol–water partition coefficient (Wildman–Crippen LogP) is 1.40. The molecule has 5 atom stereocenters. The third-order valence-electron chi connectivity index (χ3n) is 3.63. The number of methoxy groups -OCH3 is 1. The zero-order valence-corrected chi connectivity index (χ0v) is 11.4. The molecule has 106 valence electrons. The van der Waals surface area contributed by atoms with E-state index in [0.29, 0.717) is 11.4 Å². The van der Waals surface area contributed by atoms with Crippen LogP contribution in [0.15, 0.2) is 24.3 Å². The maximum absolute atomic E-state index is 10.2. The highest BCUT2D eigenvalue weighted by molar-refractivity contribution is 5.41. The first-order valence-electron chi connectivity index (χ1n) is 6.41. The van der Waals surface area contributed by atoms with Gasteiger partial charge in [-0.05, 0) is 31.2 Å². The van der Waals surface area contributed by atoms with Gasteiger partial charge in [-0.25, -0.2) is 0 Å². The fourth-order valence-corrected chi connectivity index (χ4v) is 2.28. The van der Waals surface area contributed by atoms with Gasteiger partial charge >= 0.3 is 0 Å². The highest BCUT2D eigenvalue weighted by Gasteiger charge is 2.42. The lowest BCUT2D eigenvalue weighted by Gasteiger charge is -2.41. The molecule has 1 heterocycles. The number of rotatable bonds is 3. The number of aliphatic hydroxyl groups is 1. The number of aliphatic hydroxyl groups excluding tert-OH is 1. The fourth-order valence-electron chi connectivity index (χ4n) is 2.28. The summed E-state index contributed by atoms with van der Waals surface area (Å²) < 4.78 is 16.7. The van der Waals surface area contributed by atoms with Crippen LogP contribution in [0.4, 0.5) is 5.69 Å². The lowest BCUT2D eigenvalue weighted by molar-refractivity contribution is -0.256. The zero-order chi connectivity index (χ0) is 14.0. The molecule has 1 fully saturated rings. The quantitative estimate of drug-likeness (QED) is 0.810. The summed E-state index contributed by atoms with van der Waals surface area (Å²) in [6.45, 7) is 3.93. The summed E-state index contributed by atoms with van der Waals surface area (Å²) in [5.74, 6) is 0.709. The third-order valence-corrected chi connectivity index (χ3v) is 3.63. The Morgan fingerprint density at radius 1 is 1.21 bits per heavy atom. The third kappa shape index (κ3) is 3.00. The Morgan fingerprint density at radius 2 is 1.84 bits per heavy atom. The van der Waals surface area contributed by atoms with Crippen molar-refractivity contribution in [3.8, 4) is 5.75 Å². The van der Waals surface area contributed by atoms with E-state index in [2.05, 4.69) is 0 Å². The van der Waals surface area contributed by atoms with E-state index >= 15 is 0 Å². The van der Waals surface area contributed by atoms with Crippen LogP contribution in [-0.2, 0) is 9.47 Å². The second kappa shape index (κ2) is 5.77. The van der Waals surface area contributed by atoms with Crippen molar-refractivity contribution in [2.24, 2.45) is 5.92 Å². The number of ether oxygens (including phenoxy) is 3. The highest BCUT2D eigenvalue weighted by Crippen LogP contribution is 2.29. The number of hydrogen-bond donors (Lipinski definition) is 2. The lowest BCUT2D eigenvalue weighted by atomic mass is 9.91. The minimum Gasteiger partial charge on any atom is -0.462 e. The van der Waals surface area contributed by atoms with Gasteiger partial charge < -0.3 is 25.1 Å². The molecule has 0 radical (unpaired) electrons. The molecule has 0 spiro atoms.